The minimum atomic E-state index is -0.717. The lowest BCUT2D eigenvalue weighted by Crippen LogP contribution is -1.96. The summed E-state index contributed by atoms with van der Waals surface area (Å²) in [5, 5.41) is 10.6. The maximum Gasteiger partial charge on any atom is 0.322 e. The van der Waals surface area contributed by atoms with Crippen molar-refractivity contribution in [1.82, 2.24) is 9.97 Å². The van der Waals surface area contributed by atoms with Gasteiger partial charge in [-0.1, -0.05) is 0 Å². The number of non-ortho nitro benzene ring substituents is 1. The van der Waals surface area contributed by atoms with Gasteiger partial charge in [0.1, 0.15) is 0 Å². The van der Waals surface area contributed by atoms with Gasteiger partial charge in [-0.2, -0.15) is 0 Å². The lowest BCUT2D eigenvalue weighted by atomic mass is 10.3. The number of aromatic nitrogens is 2. The number of rotatable bonds is 3. The van der Waals surface area contributed by atoms with Gasteiger partial charge in [0.05, 0.1) is 11.0 Å². The molecule has 0 unspecified atom stereocenters. The molecule has 18 heavy (non-hydrogen) atoms. The van der Waals surface area contributed by atoms with Crippen LogP contribution in [-0.4, -0.2) is 14.9 Å². The Hall–Kier alpha value is -2.57. The number of benzene rings is 1. The van der Waals surface area contributed by atoms with E-state index in [9.17, 15) is 14.5 Å². The number of nitro groups is 1. The molecule has 0 amide bonds. The third-order valence-corrected chi connectivity index (χ3v) is 2.10. The summed E-state index contributed by atoms with van der Waals surface area (Å²) in [5.41, 5.74) is 0.380. The molecule has 0 atom stereocenters. The first-order valence-electron chi connectivity index (χ1n) is 4.98. The number of ether oxygens (including phenoxy) is 1. The highest BCUT2D eigenvalue weighted by Crippen LogP contribution is 2.26. The van der Waals surface area contributed by atoms with Gasteiger partial charge in [0.15, 0.2) is 11.6 Å². The fraction of sp³-hybridized carbons (Fsp3) is 0.0909. The third-order valence-electron chi connectivity index (χ3n) is 2.10. The van der Waals surface area contributed by atoms with Crippen LogP contribution >= 0.6 is 0 Å². The van der Waals surface area contributed by atoms with Crippen LogP contribution < -0.4 is 4.74 Å². The average molecular weight is 249 g/mol. The van der Waals surface area contributed by atoms with Gasteiger partial charge in [-0.25, -0.2) is 14.4 Å². The Labute approximate surface area is 101 Å². The van der Waals surface area contributed by atoms with Crippen LogP contribution in [0.2, 0.25) is 0 Å². The highest BCUT2D eigenvalue weighted by Gasteiger charge is 2.13. The van der Waals surface area contributed by atoms with Crippen LogP contribution in [0, 0.1) is 22.9 Å². The highest BCUT2D eigenvalue weighted by molar-refractivity contribution is 5.40. The molecule has 1 heterocycles. The van der Waals surface area contributed by atoms with Crippen LogP contribution in [0.1, 0.15) is 5.69 Å². The van der Waals surface area contributed by atoms with Crippen molar-refractivity contribution in [2.24, 2.45) is 0 Å². The molecular weight excluding hydrogens is 241 g/mol. The molecule has 0 N–H and O–H groups in total. The number of nitrogens with zero attached hydrogens (tertiary/aromatic N) is 3. The predicted molar refractivity (Wildman–Crippen MR) is 59.9 cm³/mol. The summed E-state index contributed by atoms with van der Waals surface area (Å²) in [5.74, 6) is -1.000. The van der Waals surface area contributed by atoms with Crippen molar-refractivity contribution in [2.45, 2.75) is 6.92 Å². The Morgan fingerprint density at radius 3 is 2.83 bits per heavy atom. The molecule has 0 radical (unpaired) electrons. The normalized spacial score (nSPS) is 10.1. The van der Waals surface area contributed by atoms with Gasteiger partial charge in [0.2, 0.25) is 0 Å². The summed E-state index contributed by atoms with van der Waals surface area (Å²) >= 11 is 0. The summed E-state index contributed by atoms with van der Waals surface area (Å²) < 4.78 is 18.5. The first-order valence-corrected chi connectivity index (χ1v) is 4.98. The first-order chi connectivity index (χ1) is 8.56. The summed E-state index contributed by atoms with van der Waals surface area (Å²) in [6.07, 6.45) is 1.45. The quantitative estimate of drug-likeness (QED) is 0.617. The van der Waals surface area contributed by atoms with Crippen molar-refractivity contribution in [3.63, 3.8) is 0 Å². The van der Waals surface area contributed by atoms with Crippen LogP contribution in [0.3, 0.4) is 0 Å². The van der Waals surface area contributed by atoms with Crippen molar-refractivity contribution >= 4 is 5.69 Å². The van der Waals surface area contributed by atoms with Crippen molar-refractivity contribution in [1.29, 1.82) is 0 Å². The van der Waals surface area contributed by atoms with Crippen LogP contribution in [0.4, 0.5) is 10.1 Å². The highest BCUT2D eigenvalue weighted by atomic mass is 19.1. The SMILES string of the molecule is Cc1ccnc(Oc2cc([N+](=O)[O-])ccc2F)n1. The summed E-state index contributed by atoms with van der Waals surface area (Å²) in [6.45, 7) is 1.72. The number of hydrogen-bond donors (Lipinski definition) is 0. The van der Waals surface area contributed by atoms with Gasteiger partial charge >= 0.3 is 6.01 Å². The molecule has 2 rings (SSSR count). The van der Waals surface area contributed by atoms with E-state index in [2.05, 4.69) is 9.97 Å². The Morgan fingerprint density at radius 2 is 2.17 bits per heavy atom. The van der Waals surface area contributed by atoms with E-state index in [1.165, 1.54) is 6.20 Å². The maximum absolute atomic E-state index is 13.4. The smallest absolute Gasteiger partial charge is 0.322 e. The molecule has 92 valence electrons. The molecule has 0 saturated heterocycles. The molecule has 0 aliphatic heterocycles. The van der Waals surface area contributed by atoms with Crippen molar-refractivity contribution < 1.29 is 14.1 Å². The minimum Gasteiger partial charge on any atom is -0.421 e. The maximum atomic E-state index is 13.4. The Kier molecular flexibility index (Phi) is 3.13. The molecule has 0 aliphatic carbocycles. The second kappa shape index (κ2) is 4.74. The molecule has 1 aromatic carbocycles. The van der Waals surface area contributed by atoms with Crippen molar-refractivity contribution in [3.05, 3.63) is 52.1 Å². The summed E-state index contributed by atoms with van der Waals surface area (Å²) in [7, 11) is 0. The zero-order valence-corrected chi connectivity index (χ0v) is 9.33. The lowest BCUT2D eigenvalue weighted by Gasteiger charge is -2.04. The zero-order chi connectivity index (χ0) is 13.1. The van der Waals surface area contributed by atoms with E-state index >= 15 is 0 Å². The van der Waals surface area contributed by atoms with Crippen LogP contribution in [-0.2, 0) is 0 Å². The molecule has 0 fully saturated rings. The lowest BCUT2D eigenvalue weighted by molar-refractivity contribution is -0.385. The van der Waals surface area contributed by atoms with E-state index in [0.717, 1.165) is 18.2 Å². The van der Waals surface area contributed by atoms with Gasteiger partial charge in [0, 0.05) is 18.0 Å². The fourth-order valence-electron chi connectivity index (χ4n) is 1.26. The molecule has 1 aromatic heterocycles. The zero-order valence-electron chi connectivity index (χ0n) is 9.33. The van der Waals surface area contributed by atoms with E-state index in [1.807, 2.05) is 0 Å². The second-order valence-electron chi connectivity index (χ2n) is 3.45. The molecule has 0 spiro atoms. The third kappa shape index (κ3) is 2.57. The van der Waals surface area contributed by atoms with Crippen molar-refractivity contribution in [2.75, 3.05) is 0 Å². The Bertz CT molecular complexity index is 604. The van der Waals surface area contributed by atoms with Gasteiger partial charge in [-0.3, -0.25) is 10.1 Å². The molecule has 7 heteroatoms. The number of aryl methyl sites for hydroxylation is 1. The predicted octanol–water partition coefficient (Wildman–Crippen LogP) is 2.62. The van der Waals surface area contributed by atoms with Gasteiger partial charge in [0.25, 0.3) is 5.69 Å². The molecule has 0 saturated carbocycles. The van der Waals surface area contributed by atoms with Gasteiger partial charge in [-0.15, -0.1) is 0 Å². The molecular formula is C11H8FN3O3. The summed E-state index contributed by atoms with van der Waals surface area (Å²) in [6, 6.07) is 4.59. The van der Waals surface area contributed by atoms with E-state index in [1.54, 1.807) is 13.0 Å². The fourth-order valence-corrected chi connectivity index (χ4v) is 1.26. The largest absolute Gasteiger partial charge is 0.421 e. The Balaban J connectivity index is 2.33. The number of nitro benzene ring substituents is 1. The van der Waals surface area contributed by atoms with E-state index < -0.39 is 10.7 Å². The first kappa shape index (κ1) is 11.9. The van der Waals surface area contributed by atoms with Gasteiger partial charge in [-0.05, 0) is 19.1 Å². The van der Waals surface area contributed by atoms with Gasteiger partial charge < -0.3 is 4.74 Å². The van der Waals surface area contributed by atoms with Crippen molar-refractivity contribution in [3.8, 4) is 11.8 Å². The Morgan fingerprint density at radius 1 is 1.39 bits per heavy atom. The van der Waals surface area contributed by atoms with Crippen LogP contribution in [0.15, 0.2) is 30.5 Å². The van der Waals surface area contributed by atoms with E-state index in [4.69, 9.17) is 4.74 Å². The minimum absolute atomic E-state index is 0.0607. The topological polar surface area (TPSA) is 78.2 Å². The second-order valence-corrected chi connectivity index (χ2v) is 3.45. The standard InChI is InChI=1S/C11H8FN3O3/c1-7-4-5-13-11(14-7)18-10-6-8(15(16)17)2-3-9(10)12/h2-6H,1H3. The monoisotopic (exact) mass is 249 g/mol. The molecule has 0 bridgehead atoms. The molecule has 2 aromatic rings. The average Bonchev–Trinajstić information content (AvgIpc) is 2.31. The van der Waals surface area contributed by atoms with E-state index in [-0.39, 0.29) is 17.4 Å². The number of hydrogen-bond acceptors (Lipinski definition) is 5. The van der Waals surface area contributed by atoms with Crippen LogP contribution in [0.25, 0.3) is 0 Å². The van der Waals surface area contributed by atoms with Crippen LogP contribution in [0.5, 0.6) is 11.8 Å². The molecule has 0 aliphatic rings. The summed E-state index contributed by atoms with van der Waals surface area (Å²) in [4.78, 5) is 17.6. The molecule has 6 nitrogen and oxygen atoms in total. The number of halogens is 1. The van der Waals surface area contributed by atoms with E-state index in [0.29, 0.717) is 5.69 Å².